The lowest BCUT2D eigenvalue weighted by Gasteiger charge is -2.09. The topological polar surface area (TPSA) is 149 Å². The Bertz CT molecular complexity index is 1030. The molecule has 0 atom stereocenters. The minimum absolute atomic E-state index is 0.250. The van der Waals surface area contributed by atoms with Crippen LogP contribution in [0.15, 0.2) is 72.1 Å². The fourth-order valence-corrected chi connectivity index (χ4v) is 2.91. The molecule has 10 heteroatoms. The molecule has 5 N–H and O–H groups in total. The highest BCUT2D eigenvalue weighted by Crippen LogP contribution is 2.14. The monoisotopic (exact) mass is 455 g/mol. The molecule has 0 aliphatic carbocycles. The van der Waals surface area contributed by atoms with Crippen molar-refractivity contribution >= 4 is 40.9 Å². The molecule has 9 nitrogen and oxygen atoms in total. The second kappa shape index (κ2) is 12.5. The molecule has 1 aromatic heterocycles. The Kier molecular flexibility index (Phi) is 9.41. The van der Waals surface area contributed by atoms with Crippen molar-refractivity contribution in [1.29, 1.82) is 5.41 Å². The van der Waals surface area contributed by atoms with Gasteiger partial charge in [-0.2, -0.15) is 0 Å². The van der Waals surface area contributed by atoms with Crippen LogP contribution in [0.25, 0.3) is 0 Å². The third-order valence-corrected chi connectivity index (χ3v) is 4.71. The van der Waals surface area contributed by atoms with E-state index in [1.54, 1.807) is 0 Å². The van der Waals surface area contributed by atoms with Crippen LogP contribution in [-0.2, 0) is 27.5 Å². The standard InChI is InChI=1S/C20H19N3O2S.C2H2O4/c21-19(18-7-4-12-26-18)23-17-10-8-15(9-11-17)13-22-20(24)25-14-16-5-2-1-3-6-16;3-1(4)2(5)6/h1-12H,13-14H2,(H2,21,23)(H,22,24);(H,3,4)(H,5,6). The molecule has 166 valence electrons. The third-order valence-electron chi connectivity index (χ3n) is 3.82. The normalized spacial score (nSPS) is 9.62. The van der Waals surface area contributed by atoms with Gasteiger partial charge in [0.1, 0.15) is 12.4 Å². The lowest BCUT2D eigenvalue weighted by atomic mass is 10.2. The van der Waals surface area contributed by atoms with E-state index in [0.29, 0.717) is 12.4 Å². The average Bonchev–Trinajstić information content (AvgIpc) is 3.33. The van der Waals surface area contributed by atoms with Crippen LogP contribution >= 0.6 is 11.3 Å². The number of anilines is 1. The summed E-state index contributed by atoms with van der Waals surface area (Å²) >= 11 is 1.52. The van der Waals surface area contributed by atoms with Gasteiger partial charge in [0.25, 0.3) is 0 Å². The summed E-state index contributed by atoms with van der Waals surface area (Å²) in [7, 11) is 0. The number of benzene rings is 2. The summed E-state index contributed by atoms with van der Waals surface area (Å²) < 4.78 is 5.18. The lowest BCUT2D eigenvalue weighted by molar-refractivity contribution is -0.159. The van der Waals surface area contributed by atoms with Gasteiger partial charge < -0.3 is 25.6 Å². The number of carbonyl (C=O) groups is 3. The smallest absolute Gasteiger partial charge is 0.414 e. The zero-order valence-electron chi connectivity index (χ0n) is 16.8. The molecule has 0 fully saturated rings. The first-order valence-corrected chi connectivity index (χ1v) is 10.1. The summed E-state index contributed by atoms with van der Waals surface area (Å²) in [6, 6.07) is 20.9. The first-order chi connectivity index (χ1) is 15.3. The minimum Gasteiger partial charge on any atom is -0.473 e. The molecule has 0 aliphatic heterocycles. The minimum atomic E-state index is -1.82. The average molecular weight is 455 g/mol. The maximum Gasteiger partial charge on any atom is 0.414 e. The Hall–Kier alpha value is -4.18. The lowest BCUT2D eigenvalue weighted by Crippen LogP contribution is -2.23. The highest BCUT2D eigenvalue weighted by atomic mass is 32.1. The maximum atomic E-state index is 11.8. The predicted octanol–water partition coefficient (Wildman–Crippen LogP) is 3.77. The van der Waals surface area contributed by atoms with E-state index < -0.39 is 18.0 Å². The van der Waals surface area contributed by atoms with Gasteiger partial charge in [0, 0.05) is 12.2 Å². The van der Waals surface area contributed by atoms with Crippen molar-refractivity contribution in [3.05, 3.63) is 88.1 Å². The zero-order chi connectivity index (χ0) is 23.3. The summed E-state index contributed by atoms with van der Waals surface area (Å²) in [6.45, 7) is 0.636. The van der Waals surface area contributed by atoms with Gasteiger partial charge >= 0.3 is 18.0 Å². The van der Waals surface area contributed by atoms with Crippen molar-refractivity contribution in [3.63, 3.8) is 0 Å². The molecule has 0 spiro atoms. The van der Waals surface area contributed by atoms with Gasteiger partial charge in [-0.1, -0.05) is 48.5 Å². The molecule has 3 aromatic rings. The summed E-state index contributed by atoms with van der Waals surface area (Å²) in [4.78, 5) is 30.8. The van der Waals surface area contributed by atoms with Crippen molar-refractivity contribution in [2.24, 2.45) is 0 Å². The molecule has 0 saturated heterocycles. The SMILES string of the molecule is N=C(Nc1ccc(CNC(=O)OCc2ccccc2)cc1)c1cccs1.O=C(O)C(=O)O. The van der Waals surface area contributed by atoms with Crippen molar-refractivity contribution in [2.45, 2.75) is 13.2 Å². The number of ether oxygens (including phenoxy) is 1. The van der Waals surface area contributed by atoms with Crippen molar-refractivity contribution in [2.75, 3.05) is 5.32 Å². The predicted molar refractivity (Wildman–Crippen MR) is 120 cm³/mol. The number of hydrogen-bond donors (Lipinski definition) is 5. The number of aliphatic carboxylic acids is 2. The number of hydrogen-bond acceptors (Lipinski definition) is 6. The van der Waals surface area contributed by atoms with Crippen molar-refractivity contribution in [3.8, 4) is 0 Å². The highest BCUT2D eigenvalue weighted by molar-refractivity contribution is 7.12. The Morgan fingerprint density at radius 1 is 0.875 bits per heavy atom. The number of alkyl carbamates (subject to hydrolysis) is 1. The van der Waals surface area contributed by atoms with Gasteiger partial charge in [-0.05, 0) is 34.7 Å². The van der Waals surface area contributed by atoms with E-state index in [-0.39, 0.29) is 6.61 Å². The number of rotatable bonds is 6. The van der Waals surface area contributed by atoms with Crippen LogP contribution < -0.4 is 10.6 Å². The van der Waals surface area contributed by atoms with E-state index in [4.69, 9.17) is 29.9 Å². The molecule has 1 amide bonds. The molecule has 0 bridgehead atoms. The van der Waals surface area contributed by atoms with E-state index in [1.165, 1.54) is 11.3 Å². The van der Waals surface area contributed by atoms with E-state index in [0.717, 1.165) is 21.7 Å². The Balaban J connectivity index is 0.000000534. The summed E-state index contributed by atoms with van der Waals surface area (Å²) in [5.41, 5.74) is 2.74. The second-order valence-corrected chi connectivity index (χ2v) is 7.15. The Labute approximate surface area is 187 Å². The van der Waals surface area contributed by atoms with Gasteiger partial charge in [0.2, 0.25) is 0 Å². The van der Waals surface area contributed by atoms with Gasteiger partial charge in [0.05, 0.1) is 4.88 Å². The fourth-order valence-electron chi connectivity index (χ4n) is 2.28. The summed E-state index contributed by atoms with van der Waals surface area (Å²) in [6.07, 6.45) is -0.449. The van der Waals surface area contributed by atoms with Crippen LogP contribution in [0.2, 0.25) is 0 Å². The van der Waals surface area contributed by atoms with Crippen LogP contribution in [-0.4, -0.2) is 34.1 Å². The third kappa shape index (κ3) is 8.67. The number of carboxylic acids is 2. The summed E-state index contributed by atoms with van der Waals surface area (Å²) in [5.74, 6) is -3.28. The van der Waals surface area contributed by atoms with Crippen LogP contribution in [0.3, 0.4) is 0 Å². The molecule has 3 rings (SSSR count). The molecule has 0 unspecified atom stereocenters. The van der Waals surface area contributed by atoms with E-state index >= 15 is 0 Å². The molecule has 0 radical (unpaired) electrons. The maximum absolute atomic E-state index is 11.8. The molecular weight excluding hydrogens is 434 g/mol. The largest absolute Gasteiger partial charge is 0.473 e. The molecule has 0 aliphatic rings. The van der Waals surface area contributed by atoms with Crippen LogP contribution in [0.4, 0.5) is 10.5 Å². The van der Waals surface area contributed by atoms with Gasteiger partial charge in [-0.25, -0.2) is 14.4 Å². The second-order valence-electron chi connectivity index (χ2n) is 6.20. The van der Waals surface area contributed by atoms with Crippen molar-refractivity contribution in [1.82, 2.24) is 5.32 Å². The van der Waals surface area contributed by atoms with Gasteiger partial charge in [-0.15, -0.1) is 11.3 Å². The van der Waals surface area contributed by atoms with Crippen molar-refractivity contribution < 1.29 is 29.3 Å². The number of carbonyl (C=O) groups excluding carboxylic acids is 1. The quantitative estimate of drug-likeness (QED) is 0.216. The molecule has 32 heavy (non-hydrogen) atoms. The first-order valence-electron chi connectivity index (χ1n) is 9.24. The molecule has 1 heterocycles. The number of carboxylic acid groups (broad SMARTS) is 2. The Morgan fingerprint density at radius 3 is 2.09 bits per heavy atom. The number of amidine groups is 1. The van der Waals surface area contributed by atoms with E-state index in [1.807, 2.05) is 72.1 Å². The molecular formula is C22H21N3O6S. The number of nitrogens with one attached hydrogen (secondary N) is 3. The van der Waals surface area contributed by atoms with Crippen LogP contribution in [0.5, 0.6) is 0 Å². The van der Waals surface area contributed by atoms with E-state index in [2.05, 4.69) is 10.6 Å². The zero-order valence-corrected chi connectivity index (χ0v) is 17.6. The Morgan fingerprint density at radius 2 is 1.53 bits per heavy atom. The number of amides is 1. The van der Waals surface area contributed by atoms with Crippen LogP contribution in [0, 0.1) is 5.41 Å². The van der Waals surface area contributed by atoms with Gasteiger partial charge in [-0.3, -0.25) is 5.41 Å². The number of thiophene rings is 1. The highest BCUT2D eigenvalue weighted by Gasteiger charge is 2.05. The van der Waals surface area contributed by atoms with Gasteiger partial charge in [0.15, 0.2) is 0 Å². The molecule has 0 saturated carbocycles. The van der Waals surface area contributed by atoms with Crippen LogP contribution in [0.1, 0.15) is 16.0 Å². The summed E-state index contributed by atoms with van der Waals surface area (Å²) in [5, 5.41) is 30.5. The first kappa shape index (κ1) is 24.1. The fraction of sp³-hybridized carbons (Fsp3) is 0.0909. The van der Waals surface area contributed by atoms with E-state index in [9.17, 15) is 4.79 Å². The molecule has 2 aromatic carbocycles.